The Bertz CT molecular complexity index is 1020. The summed E-state index contributed by atoms with van der Waals surface area (Å²) in [4.78, 5) is 36.2. The third-order valence-corrected chi connectivity index (χ3v) is 4.61. The second-order valence-electron chi connectivity index (χ2n) is 5.98. The van der Waals surface area contributed by atoms with E-state index in [1.807, 2.05) is 12.1 Å². The Hall–Kier alpha value is -3.92. The molecular formula is C20H22N6O3S. The molecule has 0 fully saturated rings. The highest BCUT2D eigenvalue weighted by atomic mass is 32.1. The van der Waals surface area contributed by atoms with Crippen molar-refractivity contribution in [2.45, 2.75) is 6.92 Å². The molecule has 9 nitrogen and oxygen atoms in total. The van der Waals surface area contributed by atoms with Gasteiger partial charge in [-0.25, -0.2) is 4.98 Å². The number of nitrogen functional groups attached to an aromatic ring is 1. The summed E-state index contributed by atoms with van der Waals surface area (Å²) in [5, 5.41) is 9.81. The molecule has 0 saturated carbocycles. The predicted octanol–water partition coefficient (Wildman–Crippen LogP) is 3.07. The van der Waals surface area contributed by atoms with Gasteiger partial charge in [-0.2, -0.15) is 0 Å². The largest absolute Gasteiger partial charge is 0.399 e. The summed E-state index contributed by atoms with van der Waals surface area (Å²) in [7, 11) is 1.72. The lowest BCUT2D eigenvalue weighted by Gasteiger charge is -2.01. The molecule has 0 unspecified atom stereocenters. The van der Waals surface area contributed by atoms with Crippen molar-refractivity contribution in [1.82, 2.24) is 4.98 Å². The Morgan fingerprint density at radius 3 is 2.10 bits per heavy atom. The lowest BCUT2D eigenvalue weighted by Crippen LogP contribution is -2.13. The number of anilines is 5. The lowest BCUT2D eigenvalue weighted by molar-refractivity contribution is -0.114. The molecule has 2 aromatic carbocycles. The van der Waals surface area contributed by atoms with Crippen LogP contribution in [0.3, 0.4) is 0 Å². The van der Waals surface area contributed by atoms with Crippen LogP contribution in [0.15, 0.2) is 48.5 Å². The van der Waals surface area contributed by atoms with E-state index >= 15 is 0 Å². The topological polar surface area (TPSA) is 152 Å². The van der Waals surface area contributed by atoms with Crippen LogP contribution in [0, 0.1) is 0 Å². The SMILES string of the molecule is CC(=O)Nc1ccc(C=O)cc1.CNc1sc(Nc2ccc(N)cc2)nc1C(N)=O. The van der Waals surface area contributed by atoms with Crippen molar-refractivity contribution in [3.05, 3.63) is 59.8 Å². The van der Waals surface area contributed by atoms with E-state index < -0.39 is 5.91 Å². The minimum atomic E-state index is -0.555. The fraction of sp³-hybridized carbons (Fsp3) is 0.100. The van der Waals surface area contributed by atoms with Gasteiger partial charge in [-0.1, -0.05) is 11.3 Å². The van der Waals surface area contributed by atoms with Crippen LogP contribution < -0.4 is 27.4 Å². The van der Waals surface area contributed by atoms with Crippen molar-refractivity contribution in [3.8, 4) is 0 Å². The number of carbonyl (C=O) groups excluding carboxylic acids is 3. The monoisotopic (exact) mass is 426 g/mol. The van der Waals surface area contributed by atoms with E-state index in [0.717, 1.165) is 12.0 Å². The average Bonchev–Trinajstić information content (AvgIpc) is 3.14. The van der Waals surface area contributed by atoms with E-state index in [9.17, 15) is 14.4 Å². The molecule has 7 N–H and O–H groups in total. The van der Waals surface area contributed by atoms with Crippen molar-refractivity contribution in [2.24, 2.45) is 5.73 Å². The predicted molar refractivity (Wildman–Crippen MR) is 120 cm³/mol. The summed E-state index contributed by atoms with van der Waals surface area (Å²) in [6.07, 6.45) is 0.761. The van der Waals surface area contributed by atoms with Crippen molar-refractivity contribution in [1.29, 1.82) is 0 Å². The zero-order chi connectivity index (χ0) is 22.1. The summed E-state index contributed by atoms with van der Waals surface area (Å²) >= 11 is 1.32. The van der Waals surface area contributed by atoms with Gasteiger partial charge in [-0.15, -0.1) is 0 Å². The molecule has 3 aromatic rings. The summed E-state index contributed by atoms with van der Waals surface area (Å²) in [5.74, 6) is -0.671. The van der Waals surface area contributed by atoms with Crippen LogP contribution in [0.25, 0.3) is 0 Å². The lowest BCUT2D eigenvalue weighted by atomic mass is 10.2. The van der Waals surface area contributed by atoms with Crippen LogP contribution in [0.1, 0.15) is 27.8 Å². The Morgan fingerprint density at radius 2 is 1.63 bits per heavy atom. The highest BCUT2D eigenvalue weighted by Gasteiger charge is 2.14. The smallest absolute Gasteiger partial charge is 0.270 e. The first-order chi connectivity index (χ1) is 14.3. The summed E-state index contributed by atoms with van der Waals surface area (Å²) in [6.45, 7) is 1.44. The second kappa shape index (κ2) is 10.6. The fourth-order valence-electron chi connectivity index (χ4n) is 2.25. The highest BCUT2D eigenvalue weighted by molar-refractivity contribution is 7.19. The van der Waals surface area contributed by atoms with Crippen LogP contribution in [-0.4, -0.2) is 30.1 Å². The van der Waals surface area contributed by atoms with Gasteiger partial charge in [0.05, 0.1) is 0 Å². The third-order valence-electron chi connectivity index (χ3n) is 3.62. The van der Waals surface area contributed by atoms with Crippen molar-refractivity contribution >= 4 is 56.6 Å². The maximum atomic E-state index is 11.2. The zero-order valence-electron chi connectivity index (χ0n) is 16.4. The molecule has 0 aliphatic rings. The summed E-state index contributed by atoms with van der Waals surface area (Å²) in [5.41, 5.74) is 13.9. The number of aldehydes is 1. The number of aromatic nitrogens is 1. The molecule has 0 aliphatic heterocycles. The number of hydrogen-bond donors (Lipinski definition) is 5. The number of rotatable bonds is 6. The molecule has 1 heterocycles. The normalized spacial score (nSPS) is 9.67. The highest BCUT2D eigenvalue weighted by Crippen LogP contribution is 2.30. The zero-order valence-corrected chi connectivity index (χ0v) is 17.2. The van der Waals surface area contributed by atoms with Gasteiger partial charge in [-0.3, -0.25) is 14.4 Å². The molecule has 2 amide bonds. The Balaban J connectivity index is 0.000000232. The van der Waals surface area contributed by atoms with Gasteiger partial charge in [0.2, 0.25) is 5.91 Å². The molecule has 30 heavy (non-hydrogen) atoms. The first kappa shape index (κ1) is 22.4. The van der Waals surface area contributed by atoms with Crippen molar-refractivity contribution in [3.63, 3.8) is 0 Å². The van der Waals surface area contributed by atoms with Gasteiger partial charge < -0.3 is 27.4 Å². The molecule has 0 spiro atoms. The minimum absolute atomic E-state index is 0.117. The number of thiazole rings is 1. The average molecular weight is 427 g/mol. The maximum Gasteiger partial charge on any atom is 0.270 e. The van der Waals surface area contributed by atoms with E-state index in [4.69, 9.17) is 11.5 Å². The van der Waals surface area contributed by atoms with Gasteiger partial charge in [-0.05, 0) is 48.5 Å². The fourth-order valence-corrected chi connectivity index (χ4v) is 3.09. The molecule has 0 bridgehead atoms. The quantitative estimate of drug-likeness (QED) is 0.300. The molecule has 1 aromatic heterocycles. The van der Waals surface area contributed by atoms with Gasteiger partial charge in [0.1, 0.15) is 11.3 Å². The molecule has 0 radical (unpaired) electrons. The Kier molecular flexibility index (Phi) is 7.89. The minimum Gasteiger partial charge on any atom is -0.399 e. The molecule has 0 saturated heterocycles. The summed E-state index contributed by atoms with van der Waals surface area (Å²) < 4.78 is 0. The molecule has 10 heteroatoms. The molecule has 3 rings (SSSR count). The maximum absolute atomic E-state index is 11.2. The van der Waals surface area contributed by atoms with Crippen LogP contribution in [0.4, 0.5) is 27.2 Å². The van der Waals surface area contributed by atoms with Crippen LogP contribution in [0.5, 0.6) is 0 Å². The van der Waals surface area contributed by atoms with E-state index in [1.165, 1.54) is 18.3 Å². The molecule has 0 atom stereocenters. The van der Waals surface area contributed by atoms with Crippen LogP contribution >= 0.6 is 11.3 Å². The van der Waals surface area contributed by atoms with E-state index in [2.05, 4.69) is 20.9 Å². The van der Waals surface area contributed by atoms with E-state index in [1.54, 1.807) is 43.4 Å². The second-order valence-corrected chi connectivity index (χ2v) is 6.98. The van der Waals surface area contributed by atoms with Gasteiger partial charge in [0.15, 0.2) is 10.8 Å². The number of hydrogen-bond acceptors (Lipinski definition) is 8. The first-order valence-electron chi connectivity index (χ1n) is 8.76. The number of primary amides is 1. The van der Waals surface area contributed by atoms with Gasteiger partial charge in [0.25, 0.3) is 5.91 Å². The third kappa shape index (κ3) is 6.60. The van der Waals surface area contributed by atoms with Crippen molar-refractivity contribution < 1.29 is 14.4 Å². The van der Waals surface area contributed by atoms with Crippen LogP contribution in [-0.2, 0) is 4.79 Å². The van der Waals surface area contributed by atoms with Gasteiger partial charge in [0, 0.05) is 36.6 Å². The Labute approximate surface area is 177 Å². The molecular weight excluding hydrogens is 404 g/mol. The number of nitrogens with zero attached hydrogens (tertiary/aromatic N) is 1. The van der Waals surface area contributed by atoms with E-state index in [0.29, 0.717) is 27.1 Å². The molecule has 156 valence electrons. The Morgan fingerprint density at radius 1 is 1.03 bits per heavy atom. The van der Waals surface area contributed by atoms with Crippen molar-refractivity contribution in [2.75, 3.05) is 28.7 Å². The number of carbonyl (C=O) groups is 3. The van der Waals surface area contributed by atoms with Gasteiger partial charge >= 0.3 is 0 Å². The number of nitrogens with two attached hydrogens (primary N) is 2. The number of nitrogens with one attached hydrogen (secondary N) is 3. The number of amides is 2. The molecule has 0 aliphatic carbocycles. The van der Waals surface area contributed by atoms with E-state index in [-0.39, 0.29) is 11.6 Å². The standard InChI is InChI=1S/C11H13N5OS.C9H9NO2/c1-14-10-8(9(13)17)16-11(18-10)15-7-4-2-6(12)3-5-7;1-7(12)10-9-4-2-8(6-11)3-5-9/h2-5,14H,12H2,1H3,(H2,13,17)(H,15,16);2-6H,1H3,(H,10,12). The summed E-state index contributed by atoms with van der Waals surface area (Å²) in [6, 6.07) is 13.9. The first-order valence-corrected chi connectivity index (χ1v) is 9.57. The van der Waals surface area contributed by atoms with Crippen LogP contribution in [0.2, 0.25) is 0 Å². The number of benzene rings is 2.